The number of nitro groups is 1. The van der Waals surface area contributed by atoms with E-state index in [9.17, 15) is 18.5 Å². The number of hydrogen-bond acceptors (Lipinski definition) is 8. The Morgan fingerprint density at radius 3 is 2.68 bits per heavy atom. The van der Waals surface area contributed by atoms with Crippen LogP contribution in [0.4, 0.5) is 10.1 Å². The van der Waals surface area contributed by atoms with Crippen molar-refractivity contribution >= 4 is 42.6 Å². The number of nitrogens with zero attached hydrogens (tertiary/aromatic N) is 2. The lowest BCUT2D eigenvalue weighted by molar-refractivity contribution is -0.380. The maximum Gasteiger partial charge on any atom is 0.345 e. The van der Waals surface area contributed by atoms with Gasteiger partial charge in [-0.3, -0.25) is 10.1 Å². The molecule has 0 atom stereocenters. The van der Waals surface area contributed by atoms with Crippen molar-refractivity contribution in [1.29, 1.82) is 0 Å². The molecule has 0 aromatic carbocycles. The molecule has 0 saturated carbocycles. The quantitative estimate of drug-likeness (QED) is 0.669. The molecule has 19 heavy (non-hydrogen) atoms. The van der Waals surface area contributed by atoms with E-state index in [1.54, 1.807) is 12.1 Å². The summed E-state index contributed by atoms with van der Waals surface area (Å²) < 4.78 is 22.9. The van der Waals surface area contributed by atoms with E-state index in [1.807, 2.05) is 0 Å². The number of thiazole rings is 1. The monoisotopic (exact) mass is 319 g/mol. The Balaban J connectivity index is 2.02. The highest BCUT2D eigenvalue weighted by Gasteiger charge is 2.13. The Kier molecular flexibility index (Phi) is 3.83. The molecule has 0 spiro atoms. The van der Waals surface area contributed by atoms with Gasteiger partial charge in [-0.05, 0) is 23.5 Å². The molecular formula is C9H9N3O4S3. The van der Waals surface area contributed by atoms with Crippen LogP contribution in [0.2, 0.25) is 0 Å². The maximum absolute atomic E-state index is 11.3. The molecule has 2 rings (SSSR count). The van der Waals surface area contributed by atoms with Crippen molar-refractivity contribution in [2.45, 2.75) is 10.8 Å². The van der Waals surface area contributed by atoms with Crippen LogP contribution in [-0.4, -0.2) is 24.6 Å². The normalized spacial score (nSPS) is 11.4. The number of hydrogen-bond donors (Lipinski definition) is 1. The molecule has 0 aliphatic heterocycles. The molecule has 10 heteroatoms. The SMILES string of the molecule is CS(=O)(=O)c1ccc(CNc2ncc([N+](=O)[O-])s2)s1. The van der Waals surface area contributed by atoms with E-state index in [0.717, 1.165) is 33.8 Å². The molecule has 0 aliphatic rings. The summed E-state index contributed by atoms with van der Waals surface area (Å²) in [4.78, 5) is 14.7. The maximum atomic E-state index is 11.3. The lowest BCUT2D eigenvalue weighted by Gasteiger charge is -1.98. The van der Waals surface area contributed by atoms with E-state index in [1.165, 1.54) is 6.20 Å². The van der Waals surface area contributed by atoms with Crippen LogP contribution in [0.15, 0.2) is 22.5 Å². The van der Waals surface area contributed by atoms with Crippen molar-refractivity contribution in [1.82, 2.24) is 4.98 Å². The van der Waals surface area contributed by atoms with Crippen molar-refractivity contribution in [3.8, 4) is 0 Å². The third-order valence-electron chi connectivity index (χ3n) is 2.09. The van der Waals surface area contributed by atoms with Crippen molar-refractivity contribution < 1.29 is 13.3 Å². The van der Waals surface area contributed by atoms with Gasteiger partial charge < -0.3 is 5.32 Å². The predicted octanol–water partition coefficient (Wildman–Crippen LogP) is 2.13. The van der Waals surface area contributed by atoms with Gasteiger partial charge in [0, 0.05) is 11.1 Å². The van der Waals surface area contributed by atoms with E-state index in [0.29, 0.717) is 15.9 Å². The fourth-order valence-corrected chi connectivity index (χ4v) is 3.79. The van der Waals surface area contributed by atoms with Gasteiger partial charge >= 0.3 is 5.00 Å². The molecule has 2 aromatic heterocycles. The molecule has 0 saturated heterocycles. The Hall–Kier alpha value is -1.52. The van der Waals surface area contributed by atoms with Gasteiger partial charge in [0.1, 0.15) is 10.4 Å². The zero-order chi connectivity index (χ0) is 14.0. The largest absolute Gasteiger partial charge is 0.356 e. The number of thiophene rings is 1. The van der Waals surface area contributed by atoms with Crippen LogP contribution in [0.25, 0.3) is 0 Å². The fourth-order valence-electron chi connectivity index (χ4n) is 1.25. The van der Waals surface area contributed by atoms with E-state index in [4.69, 9.17) is 0 Å². The standard InChI is InChI=1S/C9H9N3O4S3/c1-19(15,16)8-3-2-6(17-8)4-10-9-11-5-7(18-9)12(13)14/h2-3,5H,4H2,1H3,(H,10,11). The van der Waals surface area contributed by atoms with Gasteiger partial charge in [-0.1, -0.05) is 0 Å². The summed E-state index contributed by atoms with van der Waals surface area (Å²) in [5.41, 5.74) is 0. The first-order chi connectivity index (χ1) is 8.86. The number of rotatable bonds is 5. The molecule has 2 heterocycles. The van der Waals surface area contributed by atoms with Gasteiger partial charge in [-0.25, -0.2) is 13.4 Å². The van der Waals surface area contributed by atoms with Gasteiger partial charge in [0.25, 0.3) is 0 Å². The van der Waals surface area contributed by atoms with Crippen LogP contribution in [0.1, 0.15) is 4.88 Å². The Labute approximate surface area is 117 Å². The van der Waals surface area contributed by atoms with Crippen molar-refractivity contribution in [2.75, 3.05) is 11.6 Å². The molecule has 0 fully saturated rings. The second-order valence-electron chi connectivity index (χ2n) is 3.61. The molecule has 1 N–H and O–H groups in total. The highest BCUT2D eigenvalue weighted by Crippen LogP contribution is 2.27. The smallest absolute Gasteiger partial charge is 0.345 e. The summed E-state index contributed by atoms with van der Waals surface area (Å²) in [6.45, 7) is 0.380. The summed E-state index contributed by atoms with van der Waals surface area (Å²) in [5.74, 6) is 0. The number of nitrogens with one attached hydrogen (secondary N) is 1. The molecule has 7 nitrogen and oxygen atoms in total. The second kappa shape index (κ2) is 5.23. The highest BCUT2D eigenvalue weighted by atomic mass is 32.2. The third-order valence-corrected chi connectivity index (χ3v) is 5.90. The third kappa shape index (κ3) is 3.49. The van der Waals surface area contributed by atoms with Gasteiger partial charge in [-0.2, -0.15) is 0 Å². The van der Waals surface area contributed by atoms with E-state index in [-0.39, 0.29) is 5.00 Å². The number of sulfone groups is 1. The van der Waals surface area contributed by atoms with Crippen LogP contribution in [0.3, 0.4) is 0 Å². The number of aromatic nitrogens is 1. The van der Waals surface area contributed by atoms with Gasteiger partial charge in [-0.15, -0.1) is 11.3 Å². The molecule has 0 aliphatic carbocycles. The molecule has 0 bridgehead atoms. The highest BCUT2D eigenvalue weighted by molar-refractivity contribution is 7.92. The summed E-state index contributed by atoms with van der Waals surface area (Å²) in [6, 6.07) is 3.25. The Morgan fingerprint density at radius 2 is 2.16 bits per heavy atom. The van der Waals surface area contributed by atoms with E-state index >= 15 is 0 Å². The summed E-state index contributed by atoms with van der Waals surface area (Å²) in [5, 5.41) is 13.8. The van der Waals surface area contributed by atoms with Gasteiger partial charge in [0.15, 0.2) is 15.0 Å². The second-order valence-corrected chi connectivity index (χ2v) is 8.03. The average molecular weight is 319 g/mol. The molecule has 0 unspecified atom stereocenters. The summed E-state index contributed by atoms with van der Waals surface area (Å²) in [7, 11) is -3.18. The topological polar surface area (TPSA) is 102 Å². The molecule has 0 radical (unpaired) electrons. The average Bonchev–Trinajstić information content (AvgIpc) is 2.95. The minimum atomic E-state index is -3.18. The van der Waals surface area contributed by atoms with Crippen molar-refractivity contribution in [2.24, 2.45) is 0 Å². The van der Waals surface area contributed by atoms with Crippen LogP contribution in [0, 0.1) is 10.1 Å². The predicted molar refractivity (Wildman–Crippen MR) is 73.5 cm³/mol. The minimum absolute atomic E-state index is 0.0366. The van der Waals surface area contributed by atoms with E-state index < -0.39 is 14.8 Å². The zero-order valence-electron chi connectivity index (χ0n) is 9.69. The minimum Gasteiger partial charge on any atom is -0.356 e. The van der Waals surface area contributed by atoms with Crippen LogP contribution < -0.4 is 5.32 Å². The molecule has 2 aromatic rings. The summed E-state index contributed by atoms with van der Waals surface area (Å²) in [6.07, 6.45) is 2.34. The first kappa shape index (κ1) is 13.9. The first-order valence-corrected chi connectivity index (χ1v) is 8.51. The lowest BCUT2D eigenvalue weighted by Crippen LogP contribution is -1.96. The summed E-state index contributed by atoms with van der Waals surface area (Å²) >= 11 is 2.10. The zero-order valence-corrected chi connectivity index (χ0v) is 12.1. The van der Waals surface area contributed by atoms with Crippen LogP contribution in [-0.2, 0) is 16.4 Å². The van der Waals surface area contributed by atoms with Crippen LogP contribution in [0.5, 0.6) is 0 Å². The van der Waals surface area contributed by atoms with Crippen molar-refractivity contribution in [3.05, 3.63) is 33.3 Å². The first-order valence-electron chi connectivity index (χ1n) is 4.99. The van der Waals surface area contributed by atoms with Gasteiger partial charge in [0.05, 0.1) is 11.5 Å². The molecular weight excluding hydrogens is 310 g/mol. The molecule has 102 valence electrons. The Morgan fingerprint density at radius 1 is 1.42 bits per heavy atom. The Bertz CT molecular complexity index is 704. The number of anilines is 1. The lowest BCUT2D eigenvalue weighted by atomic mass is 10.5. The molecule has 0 amide bonds. The van der Waals surface area contributed by atoms with Crippen LogP contribution >= 0.6 is 22.7 Å². The van der Waals surface area contributed by atoms with E-state index in [2.05, 4.69) is 10.3 Å². The fraction of sp³-hybridized carbons (Fsp3) is 0.222. The van der Waals surface area contributed by atoms with Crippen molar-refractivity contribution in [3.63, 3.8) is 0 Å². The van der Waals surface area contributed by atoms with Gasteiger partial charge in [0.2, 0.25) is 0 Å².